The zero-order valence-corrected chi connectivity index (χ0v) is 15.5. The van der Waals surface area contributed by atoms with Crippen LogP contribution in [0.3, 0.4) is 0 Å². The van der Waals surface area contributed by atoms with Gasteiger partial charge in [-0.15, -0.1) is 0 Å². The molecule has 0 aliphatic carbocycles. The summed E-state index contributed by atoms with van der Waals surface area (Å²) >= 11 is 0. The third-order valence-electron chi connectivity index (χ3n) is 4.70. The molecule has 1 fully saturated rings. The summed E-state index contributed by atoms with van der Waals surface area (Å²) in [6, 6.07) is 6.24. The standard InChI is InChI=1S/C19H26N6O/c1-3-25-12-15(8-17(25)10-20)11-24(2)6-5-21-19-9-18(22-14-23-19)16-4-7-26-13-16/h8-9,12,14,16H,3-7,11,13H2,1-2H3,(H,21,22,23)/t16-/m0/s1. The molecule has 0 unspecified atom stereocenters. The first-order valence-electron chi connectivity index (χ1n) is 9.11. The molecule has 0 radical (unpaired) electrons. The van der Waals surface area contributed by atoms with Gasteiger partial charge in [0.2, 0.25) is 0 Å². The Bertz CT molecular complexity index is 760. The van der Waals surface area contributed by atoms with Gasteiger partial charge < -0.3 is 19.5 Å². The van der Waals surface area contributed by atoms with Gasteiger partial charge in [-0.05, 0) is 32.0 Å². The quantitative estimate of drug-likeness (QED) is 0.783. The third kappa shape index (κ3) is 4.59. The summed E-state index contributed by atoms with van der Waals surface area (Å²) in [7, 11) is 2.08. The van der Waals surface area contributed by atoms with Crippen LogP contribution in [-0.4, -0.2) is 52.8 Å². The van der Waals surface area contributed by atoms with Gasteiger partial charge in [-0.3, -0.25) is 0 Å². The molecule has 2 aromatic heterocycles. The Morgan fingerprint density at radius 2 is 2.31 bits per heavy atom. The molecule has 3 rings (SSSR count). The van der Waals surface area contributed by atoms with Crippen LogP contribution in [0.5, 0.6) is 0 Å². The molecule has 7 nitrogen and oxygen atoms in total. The van der Waals surface area contributed by atoms with Crippen molar-refractivity contribution in [3.8, 4) is 6.07 Å². The monoisotopic (exact) mass is 354 g/mol. The molecule has 1 aliphatic rings. The molecule has 1 atom stereocenters. The van der Waals surface area contributed by atoms with E-state index in [1.807, 2.05) is 23.6 Å². The molecule has 1 saturated heterocycles. The SMILES string of the molecule is CCn1cc(CN(C)CCNc2cc([C@H]3CCOC3)ncn2)cc1C#N. The predicted octanol–water partition coefficient (Wildman–Crippen LogP) is 2.22. The van der Waals surface area contributed by atoms with Crippen molar-refractivity contribution in [3.05, 3.63) is 41.6 Å². The molecule has 0 aromatic carbocycles. The fourth-order valence-corrected chi connectivity index (χ4v) is 3.24. The van der Waals surface area contributed by atoms with Gasteiger partial charge in [0.25, 0.3) is 0 Å². The van der Waals surface area contributed by atoms with Crippen molar-refractivity contribution in [1.29, 1.82) is 5.26 Å². The Morgan fingerprint density at radius 3 is 3.00 bits per heavy atom. The number of hydrogen-bond acceptors (Lipinski definition) is 6. The van der Waals surface area contributed by atoms with E-state index in [-0.39, 0.29) is 0 Å². The van der Waals surface area contributed by atoms with Crippen LogP contribution in [0.2, 0.25) is 0 Å². The normalized spacial score (nSPS) is 16.8. The summed E-state index contributed by atoms with van der Waals surface area (Å²) in [6.07, 6.45) is 4.71. The average molecular weight is 354 g/mol. The van der Waals surface area contributed by atoms with Crippen LogP contribution in [-0.2, 0) is 17.8 Å². The molecule has 7 heteroatoms. The highest BCUT2D eigenvalue weighted by atomic mass is 16.5. The van der Waals surface area contributed by atoms with Crippen molar-refractivity contribution >= 4 is 5.82 Å². The number of ether oxygens (including phenoxy) is 1. The maximum absolute atomic E-state index is 9.15. The molecule has 1 N–H and O–H groups in total. The highest BCUT2D eigenvalue weighted by Gasteiger charge is 2.19. The second kappa shape index (κ2) is 8.79. The first-order chi connectivity index (χ1) is 12.7. The second-order valence-corrected chi connectivity index (χ2v) is 6.68. The maximum atomic E-state index is 9.15. The van der Waals surface area contributed by atoms with E-state index < -0.39 is 0 Å². The molecule has 26 heavy (non-hydrogen) atoms. The predicted molar refractivity (Wildman–Crippen MR) is 99.9 cm³/mol. The van der Waals surface area contributed by atoms with Gasteiger partial charge in [0.15, 0.2) is 0 Å². The molecular weight excluding hydrogens is 328 g/mol. The molecule has 138 valence electrons. The smallest absolute Gasteiger partial charge is 0.129 e. The number of aryl methyl sites for hydroxylation is 1. The zero-order chi connectivity index (χ0) is 18.4. The summed E-state index contributed by atoms with van der Waals surface area (Å²) in [5.74, 6) is 1.25. The van der Waals surface area contributed by atoms with Crippen LogP contribution in [0.25, 0.3) is 0 Å². The number of hydrogen-bond donors (Lipinski definition) is 1. The van der Waals surface area contributed by atoms with Crippen LogP contribution in [0.4, 0.5) is 5.82 Å². The molecule has 0 spiro atoms. The Kier molecular flexibility index (Phi) is 6.21. The zero-order valence-electron chi connectivity index (χ0n) is 15.5. The first kappa shape index (κ1) is 18.4. The van der Waals surface area contributed by atoms with Crippen molar-refractivity contribution in [3.63, 3.8) is 0 Å². The number of rotatable bonds is 8. The van der Waals surface area contributed by atoms with Crippen LogP contribution < -0.4 is 5.32 Å². The Morgan fingerprint density at radius 1 is 1.42 bits per heavy atom. The highest BCUT2D eigenvalue weighted by molar-refractivity contribution is 5.36. The van der Waals surface area contributed by atoms with Crippen LogP contribution in [0, 0.1) is 11.3 Å². The van der Waals surface area contributed by atoms with Crippen LogP contribution in [0.15, 0.2) is 24.7 Å². The lowest BCUT2D eigenvalue weighted by Crippen LogP contribution is -2.25. The lowest BCUT2D eigenvalue weighted by molar-refractivity contribution is 0.193. The van der Waals surface area contributed by atoms with Gasteiger partial charge in [-0.1, -0.05) is 0 Å². The number of likely N-dealkylation sites (N-methyl/N-ethyl adjacent to an activating group) is 1. The van der Waals surface area contributed by atoms with Crippen molar-refractivity contribution in [1.82, 2.24) is 19.4 Å². The van der Waals surface area contributed by atoms with Crippen molar-refractivity contribution < 1.29 is 4.74 Å². The summed E-state index contributed by atoms with van der Waals surface area (Å²) in [6.45, 7) is 6.93. The summed E-state index contributed by atoms with van der Waals surface area (Å²) in [5, 5.41) is 12.5. The first-order valence-corrected chi connectivity index (χ1v) is 9.11. The van der Waals surface area contributed by atoms with Gasteiger partial charge in [0.05, 0.1) is 12.3 Å². The number of nitrogens with one attached hydrogen (secondary N) is 1. The second-order valence-electron chi connectivity index (χ2n) is 6.68. The Hall–Kier alpha value is -2.43. The van der Waals surface area contributed by atoms with Gasteiger partial charge >= 0.3 is 0 Å². The molecular formula is C19H26N6O. The van der Waals surface area contributed by atoms with E-state index in [1.165, 1.54) is 0 Å². The largest absolute Gasteiger partial charge is 0.381 e. The number of anilines is 1. The molecule has 0 bridgehead atoms. The van der Waals surface area contributed by atoms with E-state index in [2.05, 4.69) is 39.5 Å². The minimum Gasteiger partial charge on any atom is -0.381 e. The number of nitriles is 1. The van der Waals surface area contributed by atoms with Crippen molar-refractivity contribution in [2.75, 3.05) is 38.7 Å². The Labute approximate surface area is 154 Å². The van der Waals surface area contributed by atoms with Crippen LogP contribution in [0.1, 0.15) is 36.2 Å². The molecule has 0 saturated carbocycles. The molecule has 1 aliphatic heterocycles. The summed E-state index contributed by atoms with van der Waals surface area (Å²) in [4.78, 5) is 10.9. The van der Waals surface area contributed by atoms with E-state index in [4.69, 9.17) is 10.00 Å². The lowest BCUT2D eigenvalue weighted by Gasteiger charge is -2.16. The number of aromatic nitrogens is 3. The van der Waals surface area contributed by atoms with Crippen molar-refractivity contribution in [2.45, 2.75) is 32.4 Å². The lowest BCUT2D eigenvalue weighted by atomic mass is 10.1. The molecule has 0 amide bonds. The van der Waals surface area contributed by atoms with Gasteiger partial charge in [-0.25, -0.2) is 9.97 Å². The molecule has 3 heterocycles. The van der Waals surface area contributed by atoms with Gasteiger partial charge in [0, 0.05) is 51.0 Å². The third-order valence-corrected chi connectivity index (χ3v) is 4.70. The maximum Gasteiger partial charge on any atom is 0.129 e. The van der Waals surface area contributed by atoms with Crippen LogP contribution >= 0.6 is 0 Å². The van der Waals surface area contributed by atoms with E-state index in [9.17, 15) is 0 Å². The van der Waals surface area contributed by atoms with E-state index in [1.54, 1.807) is 6.33 Å². The summed E-state index contributed by atoms with van der Waals surface area (Å²) in [5.41, 5.74) is 2.94. The topological polar surface area (TPSA) is 79.0 Å². The fraction of sp³-hybridized carbons (Fsp3) is 0.526. The van der Waals surface area contributed by atoms with Gasteiger partial charge in [-0.2, -0.15) is 5.26 Å². The number of nitrogens with zero attached hydrogens (tertiary/aromatic N) is 5. The summed E-state index contributed by atoms with van der Waals surface area (Å²) < 4.78 is 7.42. The van der Waals surface area contributed by atoms with E-state index in [0.29, 0.717) is 5.92 Å². The fourth-order valence-electron chi connectivity index (χ4n) is 3.24. The Balaban J connectivity index is 1.48. The van der Waals surface area contributed by atoms with E-state index in [0.717, 1.165) is 68.6 Å². The minimum absolute atomic E-state index is 0.387. The average Bonchev–Trinajstić information content (AvgIpc) is 3.31. The molecule has 2 aromatic rings. The van der Waals surface area contributed by atoms with E-state index >= 15 is 0 Å². The van der Waals surface area contributed by atoms with Gasteiger partial charge in [0.1, 0.15) is 23.9 Å². The van der Waals surface area contributed by atoms with Crippen molar-refractivity contribution in [2.24, 2.45) is 0 Å². The highest BCUT2D eigenvalue weighted by Crippen LogP contribution is 2.24. The minimum atomic E-state index is 0.387.